The molecule has 0 amide bonds. The van der Waals surface area contributed by atoms with E-state index < -0.39 is 0 Å². The van der Waals surface area contributed by atoms with E-state index in [1.165, 1.54) is 32.6 Å². The molecule has 0 bridgehead atoms. The molecule has 8 aromatic carbocycles. The van der Waals surface area contributed by atoms with Crippen LogP contribution in [0.5, 0.6) is 0 Å². The van der Waals surface area contributed by atoms with Crippen molar-refractivity contribution in [1.29, 1.82) is 10.5 Å². The van der Waals surface area contributed by atoms with Gasteiger partial charge >= 0.3 is 0 Å². The quantitative estimate of drug-likeness (QED) is 0.184. The molecule has 0 aliphatic carbocycles. The predicted octanol–water partition coefficient (Wildman–Crippen LogP) is 12.4. The smallest absolute Gasteiger partial charge is 0.0998 e. The van der Waals surface area contributed by atoms with Gasteiger partial charge in [0.15, 0.2) is 0 Å². The summed E-state index contributed by atoms with van der Waals surface area (Å²) in [6.07, 6.45) is 0. The lowest BCUT2D eigenvalue weighted by Gasteiger charge is -2.14. The van der Waals surface area contributed by atoms with Crippen LogP contribution >= 0.6 is 0 Å². The van der Waals surface area contributed by atoms with E-state index in [1.807, 2.05) is 42.5 Å². The molecule has 0 saturated heterocycles. The lowest BCUT2D eigenvalue weighted by molar-refractivity contribution is 1.16. The fourth-order valence-corrected chi connectivity index (χ4v) is 8.72. The minimum Gasteiger partial charge on any atom is -0.309 e. The molecule has 0 fully saturated rings. The van der Waals surface area contributed by atoms with Gasteiger partial charge in [-0.1, -0.05) is 84.9 Å². The molecule has 3 aromatic heterocycles. The molecule has 5 nitrogen and oxygen atoms in total. The third-order valence-electron chi connectivity index (χ3n) is 11.1. The summed E-state index contributed by atoms with van der Waals surface area (Å²) < 4.78 is 6.92. The van der Waals surface area contributed by atoms with Crippen molar-refractivity contribution in [3.63, 3.8) is 0 Å². The molecule has 254 valence electrons. The highest BCUT2D eigenvalue weighted by atomic mass is 15.0. The summed E-state index contributed by atoms with van der Waals surface area (Å²) in [7, 11) is 0. The largest absolute Gasteiger partial charge is 0.309 e. The molecule has 0 aliphatic heterocycles. The molecule has 0 atom stereocenters. The van der Waals surface area contributed by atoms with E-state index in [0.717, 1.165) is 61.0 Å². The number of para-hydroxylation sites is 4. The van der Waals surface area contributed by atoms with Crippen LogP contribution in [0.3, 0.4) is 0 Å². The molecule has 0 N–H and O–H groups in total. The zero-order chi connectivity index (χ0) is 36.6. The fraction of sp³-hybridized carbons (Fsp3) is 0. The lowest BCUT2D eigenvalue weighted by atomic mass is 9.99. The Bertz CT molecular complexity index is 3420. The topological polar surface area (TPSA) is 62.4 Å². The second-order valence-electron chi connectivity index (χ2n) is 14.0. The Hall–Kier alpha value is -7.86. The predicted molar refractivity (Wildman–Crippen MR) is 224 cm³/mol. The van der Waals surface area contributed by atoms with Gasteiger partial charge in [-0.25, -0.2) is 0 Å². The SMILES string of the molecule is N#Cc1ccc2c(c1)c1ccccc1n2-c1ccc(C#N)c(-c2cccc(-n3c4ccccc4c4cc(-n5c6ccccc6c6ccccc65)ccc43)c2)c1. The molecule has 11 aromatic rings. The van der Waals surface area contributed by atoms with Gasteiger partial charge in [0.1, 0.15) is 0 Å². The van der Waals surface area contributed by atoms with Crippen LogP contribution in [0.2, 0.25) is 0 Å². The maximum atomic E-state index is 10.4. The van der Waals surface area contributed by atoms with Gasteiger partial charge in [0.2, 0.25) is 0 Å². The van der Waals surface area contributed by atoms with E-state index in [1.54, 1.807) is 0 Å². The second-order valence-corrected chi connectivity index (χ2v) is 14.0. The molecule has 3 heterocycles. The summed E-state index contributed by atoms with van der Waals surface area (Å²) in [6.45, 7) is 0. The Morgan fingerprint density at radius 1 is 0.327 bits per heavy atom. The molecule has 0 spiro atoms. The molecular formula is C50H29N5. The van der Waals surface area contributed by atoms with Gasteiger partial charge in [0, 0.05) is 54.9 Å². The van der Waals surface area contributed by atoms with E-state index >= 15 is 0 Å². The first-order valence-electron chi connectivity index (χ1n) is 18.3. The minimum atomic E-state index is 0.603. The Morgan fingerprint density at radius 3 is 1.35 bits per heavy atom. The summed E-state index contributed by atoms with van der Waals surface area (Å²) in [5.74, 6) is 0. The number of hydrogen-bond acceptors (Lipinski definition) is 2. The van der Waals surface area contributed by atoms with Crippen LogP contribution in [-0.2, 0) is 0 Å². The fourth-order valence-electron chi connectivity index (χ4n) is 8.72. The molecule has 0 aliphatic rings. The van der Waals surface area contributed by atoms with Crippen molar-refractivity contribution in [2.45, 2.75) is 0 Å². The monoisotopic (exact) mass is 699 g/mol. The van der Waals surface area contributed by atoms with Gasteiger partial charge in [0.05, 0.1) is 56.4 Å². The van der Waals surface area contributed by atoms with Gasteiger partial charge in [0.25, 0.3) is 0 Å². The molecule has 0 radical (unpaired) electrons. The maximum Gasteiger partial charge on any atom is 0.0998 e. The van der Waals surface area contributed by atoms with Crippen LogP contribution in [0.1, 0.15) is 11.1 Å². The average Bonchev–Trinajstić information content (AvgIpc) is 3.89. The second kappa shape index (κ2) is 11.8. The lowest BCUT2D eigenvalue weighted by Crippen LogP contribution is -1.98. The Labute approximate surface area is 316 Å². The van der Waals surface area contributed by atoms with Crippen LogP contribution < -0.4 is 0 Å². The van der Waals surface area contributed by atoms with Crippen molar-refractivity contribution >= 4 is 65.4 Å². The number of fused-ring (bicyclic) bond motifs is 9. The third kappa shape index (κ3) is 4.51. The number of nitrogens with zero attached hydrogens (tertiary/aromatic N) is 5. The van der Waals surface area contributed by atoms with Crippen LogP contribution in [0, 0.1) is 22.7 Å². The Kier molecular flexibility index (Phi) is 6.61. The first-order valence-corrected chi connectivity index (χ1v) is 18.3. The normalized spacial score (nSPS) is 11.6. The molecular weight excluding hydrogens is 671 g/mol. The van der Waals surface area contributed by atoms with Gasteiger partial charge in [-0.3, -0.25) is 0 Å². The van der Waals surface area contributed by atoms with Gasteiger partial charge < -0.3 is 13.7 Å². The van der Waals surface area contributed by atoms with E-state index in [4.69, 9.17) is 0 Å². The van der Waals surface area contributed by atoms with Gasteiger partial charge in [-0.2, -0.15) is 10.5 Å². The average molecular weight is 700 g/mol. The summed E-state index contributed by atoms with van der Waals surface area (Å²) >= 11 is 0. The Balaban J connectivity index is 1.09. The number of aromatic nitrogens is 3. The van der Waals surface area contributed by atoms with Crippen molar-refractivity contribution in [1.82, 2.24) is 13.7 Å². The van der Waals surface area contributed by atoms with Crippen LogP contribution in [0.15, 0.2) is 176 Å². The van der Waals surface area contributed by atoms with Crippen molar-refractivity contribution in [3.05, 3.63) is 187 Å². The van der Waals surface area contributed by atoms with Gasteiger partial charge in [-0.05, 0) is 96.6 Å². The Morgan fingerprint density at radius 2 is 0.782 bits per heavy atom. The zero-order valence-electron chi connectivity index (χ0n) is 29.5. The van der Waals surface area contributed by atoms with E-state index in [-0.39, 0.29) is 0 Å². The van der Waals surface area contributed by atoms with Crippen LogP contribution in [-0.4, -0.2) is 13.7 Å². The first-order chi connectivity index (χ1) is 27.2. The zero-order valence-corrected chi connectivity index (χ0v) is 29.5. The highest BCUT2D eigenvalue weighted by molar-refractivity contribution is 6.13. The number of rotatable bonds is 4. The summed E-state index contributed by atoms with van der Waals surface area (Å²) in [5, 5.41) is 27.0. The molecule has 0 saturated carbocycles. The highest BCUT2D eigenvalue weighted by Crippen LogP contribution is 2.39. The third-order valence-corrected chi connectivity index (χ3v) is 11.1. The minimum absolute atomic E-state index is 0.603. The molecule has 55 heavy (non-hydrogen) atoms. The van der Waals surface area contributed by atoms with Crippen molar-refractivity contribution in [3.8, 4) is 40.3 Å². The first kappa shape index (κ1) is 30.7. The maximum absolute atomic E-state index is 10.4. The summed E-state index contributed by atoms with van der Waals surface area (Å²) in [5.41, 5.74) is 12.8. The highest BCUT2D eigenvalue weighted by Gasteiger charge is 2.18. The van der Waals surface area contributed by atoms with E-state index in [0.29, 0.717) is 11.1 Å². The van der Waals surface area contributed by atoms with Gasteiger partial charge in [-0.15, -0.1) is 0 Å². The number of nitriles is 2. The van der Waals surface area contributed by atoms with Crippen LogP contribution in [0.25, 0.3) is 93.6 Å². The van der Waals surface area contributed by atoms with Crippen molar-refractivity contribution < 1.29 is 0 Å². The number of benzene rings is 8. The number of hydrogen-bond donors (Lipinski definition) is 0. The standard InChI is InChI=1S/C50H29N5/c51-30-32-20-24-49-43(26-32)40-14-3-7-18-47(40)55(49)36-22-21-34(31-52)42(28-36)33-10-9-11-35(27-33)53-48-19-8-4-15-41(48)44-29-37(23-25-50(44)53)54-45-16-5-1-12-38(45)39-13-2-6-17-46(39)54/h1-29H. The van der Waals surface area contributed by atoms with Crippen LogP contribution in [0.4, 0.5) is 0 Å². The summed E-state index contributed by atoms with van der Waals surface area (Å²) in [4.78, 5) is 0. The van der Waals surface area contributed by atoms with Crippen molar-refractivity contribution in [2.24, 2.45) is 0 Å². The van der Waals surface area contributed by atoms with Crippen molar-refractivity contribution in [2.75, 3.05) is 0 Å². The molecule has 0 unspecified atom stereocenters. The van der Waals surface area contributed by atoms with E-state index in [9.17, 15) is 10.5 Å². The van der Waals surface area contributed by atoms with E-state index in [2.05, 4.69) is 159 Å². The molecule has 11 rings (SSSR count). The molecule has 5 heteroatoms. The summed E-state index contributed by atoms with van der Waals surface area (Å²) in [6, 6.07) is 66.0.